The molecular formula is C8H10O2. The number of rotatable bonds is 1. The molecule has 0 aliphatic heterocycles. The second-order valence-corrected chi connectivity index (χ2v) is 1.53. The van der Waals surface area contributed by atoms with Crippen molar-refractivity contribution in [1.82, 2.24) is 0 Å². The van der Waals surface area contributed by atoms with Crippen molar-refractivity contribution >= 4 is 5.97 Å². The van der Waals surface area contributed by atoms with E-state index in [0.29, 0.717) is 0 Å². The zero-order valence-electron chi connectivity index (χ0n) is 6.18. The van der Waals surface area contributed by atoms with Crippen molar-refractivity contribution in [3.05, 3.63) is 12.2 Å². The van der Waals surface area contributed by atoms with Crippen LogP contribution < -0.4 is 0 Å². The van der Waals surface area contributed by atoms with E-state index >= 15 is 0 Å². The molecule has 0 bridgehead atoms. The monoisotopic (exact) mass is 138 g/mol. The van der Waals surface area contributed by atoms with Crippen LogP contribution in [0.2, 0.25) is 0 Å². The summed E-state index contributed by atoms with van der Waals surface area (Å²) in [6, 6.07) is 0. The van der Waals surface area contributed by atoms with E-state index in [1.54, 1.807) is 0 Å². The molecule has 0 heterocycles. The van der Waals surface area contributed by atoms with Gasteiger partial charge in [0.1, 0.15) is 0 Å². The fourth-order valence-corrected chi connectivity index (χ4v) is 0.339. The average Bonchev–Trinajstić information content (AvgIpc) is 1.98. The van der Waals surface area contributed by atoms with Crippen LogP contribution in [0.1, 0.15) is 13.3 Å². The Morgan fingerprint density at radius 2 is 2.40 bits per heavy atom. The summed E-state index contributed by atoms with van der Waals surface area (Å²) in [5.41, 5.74) is 0. The largest absolute Gasteiger partial charge is 0.466 e. The molecule has 0 atom stereocenters. The summed E-state index contributed by atoms with van der Waals surface area (Å²) in [6.07, 6.45) is 3.57. The molecule has 2 nitrogen and oxygen atoms in total. The van der Waals surface area contributed by atoms with E-state index in [2.05, 4.69) is 16.6 Å². The van der Waals surface area contributed by atoms with Gasteiger partial charge in [0.25, 0.3) is 0 Å². The molecule has 0 aromatic heterocycles. The summed E-state index contributed by atoms with van der Waals surface area (Å²) in [5, 5.41) is 0. The second kappa shape index (κ2) is 5.90. The average molecular weight is 138 g/mol. The Morgan fingerprint density at radius 1 is 1.70 bits per heavy atom. The van der Waals surface area contributed by atoms with Crippen molar-refractivity contribution in [2.24, 2.45) is 0 Å². The van der Waals surface area contributed by atoms with Gasteiger partial charge in [0, 0.05) is 12.5 Å². The van der Waals surface area contributed by atoms with Gasteiger partial charge in [0.05, 0.1) is 7.11 Å². The number of methoxy groups -OCH3 is 1. The van der Waals surface area contributed by atoms with Gasteiger partial charge in [-0.15, -0.1) is 0 Å². The summed E-state index contributed by atoms with van der Waals surface area (Å²) < 4.78 is 4.34. The van der Waals surface area contributed by atoms with Crippen molar-refractivity contribution in [2.45, 2.75) is 13.3 Å². The number of carbonyl (C=O) groups is 1. The molecule has 0 spiro atoms. The van der Waals surface area contributed by atoms with Crippen LogP contribution in [0.5, 0.6) is 0 Å². The number of carbonyl (C=O) groups excluding carboxylic acids is 1. The molecule has 0 fully saturated rings. The molecule has 0 radical (unpaired) electrons. The van der Waals surface area contributed by atoms with E-state index in [0.717, 1.165) is 6.42 Å². The van der Waals surface area contributed by atoms with Gasteiger partial charge >= 0.3 is 5.97 Å². The third kappa shape index (κ3) is 4.92. The SMILES string of the molecule is CCC#C/C=C\C(=O)OC. The van der Waals surface area contributed by atoms with Crippen molar-refractivity contribution in [2.75, 3.05) is 7.11 Å². The molecule has 0 N–H and O–H groups in total. The van der Waals surface area contributed by atoms with E-state index in [9.17, 15) is 4.79 Å². The summed E-state index contributed by atoms with van der Waals surface area (Å²) in [6.45, 7) is 1.94. The standard InChI is InChI=1S/C8H10O2/c1-3-4-5-6-7-8(9)10-2/h6-7H,3H2,1-2H3/b7-6-. The first kappa shape index (κ1) is 8.77. The van der Waals surface area contributed by atoms with E-state index in [-0.39, 0.29) is 5.97 Å². The lowest BCUT2D eigenvalue weighted by Crippen LogP contribution is -1.92. The predicted octanol–water partition coefficient (Wildman–Crippen LogP) is 1.13. The van der Waals surface area contributed by atoms with Crippen LogP contribution in [0, 0.1) is 11.8 Å². The first-order chi connectivity index (χ1) is 4.81. The first-order valence-corrected chi connectivity index (χ1v) is 3.04. The van der Waals surface area contributed by atoms with E-state index in [1.165, 1.54) is 19.3 Å². The normalized spacial score (nSPS) is 8.60. The number of hydrogen-bond acceptors (Lipinski definition) is 2. The molecule has 0 aliphatic carbocycles. The summed E-state index contributed by atoms with van der Waals surface area (Å²) in [7, 11) is 1.33. The van der Waals surface area contributed by atoms with E-state index in [4.69, 9.17) is 0 Å². The molecule has 0 saturated carbocycles. The van der Waals surface area contributed by atoms with Crippen molar-refractivity contribution in [1.29, 1.82) is 0 Å². The lowest BCUT2D eigenvalue weighted by Gasteiger charge is -1.84. The molecule has 0 aliphatic rings. The summed E-state index contributed by atoms with van der Waals surface area (Å²) >= 11 is 0. The molecule has 0 saturated heterocycles. The smallest absolute Gasteiger partial charge is 0.331 e. The fourth-order valence-electron chi connectivity index (χ4n) is 0.339. The molecule has 0 amide bonds. The Balaban J connectivity index is 3.65. The summed E-state index contributed by atoms with van der Waals surface area (Å²) in [4.78, 5) is 10.4. The van der Waals surface area contributed by atoms with Crippen molar-refractivity contribution in [3.8, 4) is 11.8 Å². The lowest BCUT2D eigenvalue weighted by atomic mass is 10.4. The van der Waals surface area contributed by atoms with Crippen LogP contribution in [0.4, 0.5) is 0 Å². The highest BCUT2D eigenvalue weighted by Gasteiger charge is 1.85. The Labute approximate surface area is 60.9 Å². The number of allylic oxidation sites excluding steroid dienone is 1. The van der Waals surface area contributed by atoms with Gasteiger partial charge in [-0.05, 0) is 6.08 Å². The molecule has 54 valence electrons. The zero-order chi connectivity index (χ0) is 7.82. The Bertz CT molecular complexity index is 181. The van der Waals surface area contributed by atoms with Gasteiger partial charge in [0.2, 0.25) is 0 Å². The minimum absolute atomic E-state index is 0.370. The Kier molecular flexibility index (Phi) is 5.17. The molecule has 2 heteroatoms. The van der Waals surface area contributed by atoms with Crippen LogP contribution >= 0.6 is 0 Å². The third-order valence-electron chi connectivity index (χ3n) is 0.783. The van der Waals surface area contributed by atoms with Gasteiger partial charge in [-0.2, -0.15) is 0 Å². The topological polar surface area (TPSA) is 26.3 Å². The van der Waals surface area contributed by atoms with Crippen LogP contribution in [-0.4, -0.2) is 13.1 Å². The molecular weight excluding hydrogens is 128 g/mol. The number of ether oxygens (including phenoxy) is 1. The molecule has 0 rings (SSSR count). The van der Waals surface area contributed by atoms with Gasteiger partial charge in [-0.1, -0.05) is 18.8 Å². The first-order valence-electron chi connectivity index (χ1n) is 3.04. The molecule has 0 unspecified atom stereocenters. The molecule has 10 heavy (non-hydrogen) atoms. The highest BCUT2D eigenvalue weighted by atomic mass is 16.5. The minimum Gasteiger partial charge on any atom is -0.466 e. The van der Waals surface area contributed by atoms with E-state index in [1.807, 2.05) is 6.92 Å². The van der Waals surface area contributed by atoms with Crippen molar-refractivity contribution < 1.29 is 9.53 Å². The van der Waals surface area contributed by atoms with Crippen LogP contribution in [-0.2, 0) is 9.53 Å². The van der Waals surface area contributed by atoms with Gasteiger partial charge in [-0.3, -0.25) is 0 Å². The maximum atomic E-state index is 10.4. The second-order valence-electron chi connectivity index (χ2n) is 1.53. The molecule has 0 aromatic carbocycles. The quantitative estimate of drug-likeness (QED) is 0.308. The maximum absolute atomic E-state index is 10.4. The third-order valence-corrected chi connectivity index (χ3v) is 0.783. The van der Waals surface area contributed by atoms with Crippen LogP contribution in [0.15, 0.2) is 12.2 Å². The minimum atomic E-state index is -0.370. The van der Waals surface area contributed by atoms with Crippen LogP contribution in [0.25, 0.3) is 0 Å². The highest BCUT2D eigenvalue weighted by molar-refractivity contribution is 5.82. The van der Waals surface area contributed by atoms with Crippen molar-refractivity contribution in [3.63, 3.8) is 0 Å². The summed E-state index contributed by atoms with van der Waals surface area (Å²) in [5.74, 6) is 5.08. The lowest BCUT2D eigenvalue weighted by molar-refractivity contribution is -0.134. The predicted molar refractivity (Wildman–Crippen MR) is 39.2 cm³/mol. The van der Waals surface area contributed by atoms with Gasteiger partial charge < -0.3 is 4.74 Å². The highest BCUT2D eigenvalue weighted by Crippen LogP contribution is 1.76. The number of hydrogen-bond donors (Lipinski definition) is 0. The van der Waals surface area contributed by atoms with E-state index < -0.39 is 0 Å². The van der Waals surface area contributed by atoms with Gasteiger partial charge in [-0.25, -0.2) is 4.79 Å². The Morgan fingerprint density at radius 3 is 2.90 bits per heavy atom. The van der Waals surface area contributed by atoms with Crippen LogP contribution in [0.3, 0.4) is 0 Å². The fraction of sp³-hybridized carbons (Fsp3) is 0.375. The zero-order valence-corrected chi connectivity index (χ0v) is 6.18. The number of esters is 1. The maximum Gasteiger partial charge on any atom is 0.331 e. The molecule has 0 aromatic rings. The van der Waals surface area contributed by atoms with Gasteiger partial charge in [0.15, 0.2) is 0 Å². The Hall–Kier alpha value is -1.23.